The third kappa shape index (κ3) is 2.12. The first-order valence-electron chi connectivity index (χ1n) is 10.1. The van der Waals surface area contributed by atoms with Crippen LogP contribution in [0.2, 0.25) is 0 Å². The summed E-state index contributed by atoms with van der Waals surface area (Å²) in [7, 11) is 0. The van der Waals surface area contributed by atoms with E-state index in [4.69, 9.17) is 0 Å². The number of rotatable bonds is 1. The number of fused-ring (bicyclic) bond motifs is 5. The smallest absolute Gasteiger partial charge is 0.133 e. The number of hydrogen-bond acceptors (Lipinski definition) is 2. The van der Waals surface area contributed by atoms with Crippen LogP contribution in [0.4, 0.5) is 0 Å². The lowest BCUT2D eigenvalue weighted by molar-refractivity contribution is -0.164. The van der Waals surface area contributed by atoms with Gasteiger partial charge in [0.25, 0.3) is 0 Å². The van der Waals surface area contributed by atoms with Crippen molar-refractivity contribution in [2.45, 2.75) is 84.7 Å². The highest BCUT2D eigenvalue weighted by Crippen LogP contribution is 2.67. The highest BCUT2D eigenvalue weighted by atomic mass is 16.3. The normalized spacial score (nSPS) is 55.7. The standard InChI is InChI=1S/C21H34O2/c1-13(22)15-7-8-16-19-17(9-11-21(15,16)3)20(2)10-5-4-6-14(20)12-18(19)23/h14-19,23H,4-12H2,1-3H3/t14-,15?,16?,17?,18-,19?,20?,21?/m1/s1. The molecule has 6 unspecified atom stereocenters. The molecule has 4 rings (SSSR count). The summed E-state index contributed by atoms with van der Waals surface area (Å²) in [5.74, 6) is 3.10. The first-order chi connectivity index (χ1) is 10.9. The molecule has 0 aliphatic heterocycles. The second-order valence-corrected chi connectivity index (χ2v) is 9.83. The molecule has 2 heteroatoms. The number of carbonyl (C=O) groups is 1. The Hall–Kier alpha value is -0.370. The maximum absolute atomic E-state index is 12.2. The van der Waals surface area contributed by atoms with Gasteiger partial charge in [0.05, 0.1) is 6.10 Å². The van der Waals surface area contributed by atoms with E-state index in [-0.39, 0.29) is 17.4 Å². The van der Waals surface area contributed by atoms with E-state index in [1.165, 1.54) is 44.9 Å². The van der Waals surface area contributed by atoms with Crippen LogP contribution < -0.4 is 0 Å². The summed E-state index contributed by atoms with van der Waals surface area (Å²) in [5.41, 5.74) is 0.615. The number of ketones is 1. The van der Waals surface area contributed by atoms with E-state index in [1.54, 1.807) is 6.92 Å². The predicted molar refractivity (Wildman–Crippen MR) is 91.9 cm³/mol. The van der Waals surface area contributed by atoms with E-state index in [2.05, 4.69) is 13.8 Å². The van der Waals surface area contributed by atoms with E-state index < -0.39 is 0 Å². The van der Waals surface area contributed by atoms with Crippen LogP contribution in [0.5, 0.6) is 0 Å². The number of aliphatic hydroxyl groups is 1. The summed E-state index contributed by atoms with van der Waals surface area (Å²) in [6.45, 7) is 6.70. The van der Waals surface area contributed by atoms with Crippen LogP contribution in [0, 0.1) is 40.4 Å². The Morgan fingerprint density at radius 2 is 1.70 bits per heavy atom. The molecule has 0 aromatic carbocycles. The molecule has 0 radical (unpaired) electrons. The van der Waals surface area contributed by atoms with E-state index >= 15 is 0 Å². The fraction of sp³-hybridized carbons (Fsp3) is 0.952. The molecule has 0 bridgehead atoms. The third-order valence-electron chi connectivity index (χ3n) is 9.09. The molecule has 1 N–H and O–H groups in total. The van der Waals surface area contributed by atoms with Gasteiger partial charge in [-0.2, -0.15) is 0 Å². The quantitative estimate of drug-likeness (QED) is 0.767. The number of carbonyl (C=O) groups excluding carboxylic acids is 1. The van der Waals surface area contributed by atoms with Crippen LogP contribution in [0.25, 0.3) is 0 Å². The molecule has 4 saturated carbocycles. The lowest BCUT2D eigenvalue weighted by atomic mass is 9.44. The van der Waals surface area contributed by atoms with E-state index in [0.717, 1.165) is 18.8 Å². The fourth-order valence-electron chi connectivity index (χ4n) is 7.92. The Balaban J connectivity index is 1.68. The second kappa shape index (κ2) is 5.31. The zero-order chi connectivity index (χ0) is 16.4. The van der Waals surface area contributed by atoms with Gasteiger partial charge in [0, 0.05) is 5.92 Å². The largest absolute Gasteiger partial charge is 0.393 e. The molecule has 0 heterocycles. The topological polar surface area (TPSA) is 37.3 Å². The van der Waals surface area contributed by atoms with E-state index in [1.807, 2.05) is 0 Å². The van der Waals surface area contributed by atoms with Crippen molar-refractivity contribution in [1.82, 2.24) is 0 Å². The van der Waals surface area contributed by atoms with Crippen LogP contribution in [0.3, 0.4) is 0 Å². The first-order valence-corrected chi connectivity index (χ1v) is 10.1. The molecule has 0 amide bonds. The van der Waals surface area contributed by atoms with Gasteiger partial charge in [-0.05, 0) is 86.4 Å². The van der Waals surface area contributed by atoms with Gasteiger partial charge in [0.2, 0.25) is 0 Å². The van der Waals surface area contributed by atoms with Crippen LogP contribution >= 0.6 is 0 Å². The van der Waals surface area contributed by atoms with E-state index in [0.29, 0.717) is 29.0 Å². The van der Waals surface area contributed by atoms with Gasteiger partial charge in [-0.1, -0.05) is 26.7 Å². The summed E-state index contributed by atoms with van der Waals surface area (Å²) in [6.07, 6.45) is 11.0. The lowest BCUT2D eigenvalue weighted by Gasteiger charge is -2.61. The van der Waals surface area contributed by atoms with Crippen molar-refractivity contribution in [2.75, 3.05) is 0 Å². The molecule has 2 nitrogen and oxygen atoms in total. The average Bonchev–Trinajstić information content (AvgIpc) is 2.85. The van der Waals surface area contributed by atoms with Gasteiger partial charge in [-0.25, -0.2) is 0 Å². The lowest BCUT2D eigenvalue weighted by Crippen LogP contribution is -2.57. The molecule has 130 valence electrons. The van der Waals surface area contributed by atoms with Gasteiger partial charge in [-0.3, -0.25) is 4.79 Å². The van der Waals surface area contributed by atoms with Crippen molar-refractivity contribution in [3.05, 3.63) is 0 Å². The Bertz CT molecular complexity index is 500. The summed E-state index contributed by atoms with van der Waals surface area (Å²) in [5, 5.41) is 11.1. The Kier molecular flexibility index (Phi) is 3.72. The predicted octanol–water partition coefficient (Wildman–Crippen LogP) is 4.60. The number of hydrogen-bond donors (Lipinski definition) is 1. The van der Waals surface area contributed by atoms with Crippen LogP contribution in [-0.2, 0) is 4.79 Å². The Morgan fingerprint density at radius 3 is 2.43 bits per heavy atom. The van der Waals surface area contributed by atoms with Gasteiger partial charge < -0.3 is 5.11 Å². The fourth-order valence-corrected chi connectivity index (χ4v) is 7.92. The third-order valence-corrected chi connectivity index (χ3v) is 9.09. The van der Waals surface area contributed by atoms with Gasteiger partial charge >= 0.3 is 0 Å². The summed E-state index contributed by atoms with van der Waals surface area (Å²) in [4.78, 5) is 12.2. The summed E-state index contributed by atoms with van der Waals surface area (Å²) in [6, 6.07) is 0. The average molecular weight is 319 g/mol. The molecule has 4 aliphatic rings. The van der Waals surface area contributed by atoms with Crippen molar-refractivity contribution >= 4 is 5.78 Å². The molecule has 4 aliphatic carbocycles. The monoisotopic (exact) mass is 318 g/mol. The molecule has 4 fully saturated rings. The zero-order valence-electron chi connectivity index (χ0n) is 15.2. The molecule has 0 spiro atoms. The summed E-state index contributed by atoms with van der Waals surface area (Å²) >= 11 is 0. The minimum absolute atomic E-state index is 0.119. The Morgan fingerprint density at radius 1 is 0.957 bits per heavy atom. The summed E-state index contributed by atoms with van der Waals surface area (Å²) < 4.78 is 0. The van der Waals surface area contributed by atoms with Gasteiger partial charge in [-0.15, -0.1) is 0 Å². The van der Waals surface area contributed by atoms with Crippen molar-refractivity contribution in [3.8, 4) is 0 Å². The molecule has 23 heavy (non-hydrogen) atoms. The van der Waals surface area contributed by atoms with E-state index in [9.17, 15) is 9.90 Å². The minimum atomic E-state index is -0.119. The maximum Gasteiger partial charge on any atom is 0.133 e. The molecular weight excluding hydrogens is 284 g/mol. The van der Waals surface area contributed by atoms with Crippen molar-refractivity contribution in [3.63, 3.8) is 0 Å². The van der Waals surface area contributed by atoms with Gasteiger partial charge in [0.15, 0.2) is 0 Å². The number of Topliss-reactive ketones (excluding diaryl/α,β-unsaturated/α-hetero) is 1. The molecule has 0 saturated heterocycles. The Labute approximate surface area is 141 Å². The highest BCUT2D eigenvalue weighted by molar-refractivity contribution is 5.79. The van der Waals surface area contributed by atoms with Crippen LogP contribution in [0.15, 0.2) is 0 Å². The SMILES string of the molecule is CC(=O)C1CCC2C3C(CCC12C)C1(C)CCCC[C@@H]1C[C@H]3O. The molecule has 0 aromatic heterocycles. The zero-order valence-corrected chi connectivity index (χ0v) is 15.2. The highest BCUT2D eigenvalue weighted by Gasteiger charge is 2.62. The first kappa shape index (κ1) is 16.1. The minimum Gasteiger partial charge on any atom is -0.393 e. The van der Waals surface area contributed by atoms with Crippen LogP contribution in [0.1, 0.15) is 78.6 Å². The molecule has 0 aromatic rings. The van der Waals surface area contributed by atoms with Gasteiger partial charge in [0.1, 0.15) is 5.78 Å². The van der Waals surface area contributed by atoms with Crippen molar-refractivity contribution in [2.24, 2.45) is 40.4 Å². The molecular formula is C21H34O2. The van der Waals surface area contributed by atoms with Crippen molar-refractivity contribution < 1.29 is 9.90 Å². The van der Waals surface area contributed by atoms with Crippen LogP contribution in [-0.4, -0.2) is 17.0 Å². The second-order valence-electron chi connectivity index (χ2n) is 9.83. The maximum atomic E-state index is 12.2. The number of aliphatic hydroxyl groups excluding tert-OH is 1. The van der Waals surface area contributed by atoms with Crippen molar-refractivity contribution in [1.29, 1.82) is 0 Å². The molecule has 8 atom stereocenters.